The first-order valence-corrected chi connectivity index (χ1v) is 8.82. The fraction of sp³-hybridized carbons (Fsp3) is 0.474. The summed E-state index contributed by atoms with van der Waals surface area (Å²) in [6.45, 7) is 4.77. The molecule has 3 nitrogen and oxygen atoms in total. The number of halogens is 1. The van der Waals surface area contributed by atoms with Crippen LogP contribution in [0, 0.1) is 5.92 Å². The molecule has 4 heteroatoms. The number of hydrogen-bond donors (Lipinski definition) is 0. The smallest absolute Gasteiger partial charge is 0.226 e. The number of rotatable bonds is 5. The molecule has 0 N–H and O–H groups in total. The lowest BCUT2D eigenvalue weighted by Gasteiger charge is -2.35. The second kappa shape index (κ2) is 6.88. The molecule has 1 fully saturated rings. The number of hydrogen-bond acceptors (Lipinski definition) is 2. The van der Waals surface area contributed by atoms with Crippen LogP contribution in [0.4, 0.5) is 0 Å². The summed E-state index contributed by atoms with van der Waals surface area (Å²) < 4.78 is 0. The van der Waals surface area contributed by atoms with Gasteiger partial charge in [-0.25, -0.2) is 4.98 Å². The Morgan fingerprint density at radius 3 is 2.78 bits per heavy atom. The van der Waals surface area contributed by atoms with Gasteiger partial charge in [0.2, 0.25) is 5.91 Å². The van der Waals surface area contributed by atoms with Gasteiger partial charge in [0.1, 0.15) is 5.15 Å². The Morgan fingerprint density at radius 2 is 2.13 bits per heavy atom. The SMILES string of the molecule is CCC(C)N(Cc1cc2ccccc2nc1Cl)C(=O)C1CCC1. The molecule has 1 saturated carbocycles. The van der Waals surface area contributed by atoms with Crippen molar-refractivity contribution in [3.05, 3.63) is 41.0 Å². The van der Waals surface area contributed by atoms with E-state index in [0.29, 0.717) is 11.7 Å². The van der Waals surface area contributed by atoms with Gasteiger partial charge in [0.25, 0.3) is 0 Å². The van der Waals surface area contributed by atoms with E-state index in [9.17, 15) is 4.79 Å². The third-order valence-electron chi connectivity index (χ3n) is 4.95. The number of carbonyl (C=O) groups excluding carboxylic acids is 1. The first kappa shape index (κ1) is 16.3. The lowest BCUT2D eigenvalue weighted by Crippen LogP contribution is -2.43. The average Bonchev–Trinajstić information content (AvgIpc) is 2.50. The number of aromatic nitrogens is 1. The van der Waals surface area contributed by atoms with Gasteiger partial charge in [0.05, 0.1) is 5.52 Å². The van der Waals surface area contributed by atoms with Crippen LogP contribution in [0.3, 0.4) is 0 Å². The van der Waals surface area contributed by atoms with Gasteiger partial charge >= 0.3 is 0 Å². The lowest BCUT2D eigenvalue weighted by molar-refractivity contribution is -0.141. The Morgan fingerprint density at radius 1 is 1.39 bits per heavy atom. The quantitative estimate of drug-likeness (QED) is 0.737. The summed E-state index contributed by atoms with van der Waals surface area (Å²) in [7, 11) is 0. The molecule has 1 amide bonds. The Hall–Kier alpha value is -1.61. The van der Waals surface area contributed by atoms with Crippen LogP contribution in [0.1, 0.15) is 45.1 Å². The third-order valence-corrected chi connectivity index (χ3v) is 5.28. The molecule has 1 atom stereocenters. The Bertz CT molecular complexity index is 712. The van der Waals surface area contributed by atoms with Crippen molar-refractivity contribution in [1.82, 2.24) is 9.88 Å². The van der Waals surface area contributed by atoms with Crippen LogP contribution >= 0.6 is 11.6 Å². The van der Waals surface area contributed by atoms with E-state index in [4.69, 9.17) is 11.6 Å². The monoisotopic (exact) mass is 330 g/mol. The number of benzene rings is 1. The molecule has 0 radical (unpaired) electrons. The molecule has 1 aliphatic carbocycles. The normalized spacial score (nSPS) is 16.1. The molecular weight excluding hydrogens is 308 g/mol. The summed E-state index contributed by atoms with van der Waals surface area (Å²) in [6, 6.07) is 10.2. The van der Waals surface area contributed by atoms with Crippen molar-refractivity contribution < 1.29 is 4.79 Å². The summed E-state index contributed by atoms with van der Waals surface area (Å²) in [5, 5.41) is 1.56. The molecule has 1 aliphatic rings. The van der Waals surface area contributed by atoms with Gasteiger partial charge in [-0.15, -0.1) is 0 Å². The lowest BCUT2D eigenvalue weighted by atomic mass is 9.84. The topological polar surface area (TPSA) is 33.2 Å². The molecule has 2 aromatic rings. The van der Waals surface area contributed by atoms with Gasteiger partial charge in [0, 0.05) is 29.5 Å². The zero-order chi connectivity index (χ0) is 16.4. The molecular formula is C19H23ClN2O. The summed E-state index contributed by atoms with van der Waals surface area (Å²) in [5.41, 5.74) is 1.82. The van der Waals surface area contributed by atoms with Crippen molar-refractivity contribution in [1.29, 1.82) is 0 Å². The molecule has 0 spiro atoms. The van der Waals surface area contributed by atoms with Crippen LogP contribution in [-0.4, -0.2) is 21.8 Å². The highest BCUT2D eigenvalue weighted by atomic mass is 35.5. The largest absolute Gasteiger partial charge is 0.335 e. The van der Waals surface area contributed by atoms with Crippen molar-refractivity contribution in [3.8, 4) is 0 Å². The standard InChI is InChI=1S/C19H23ClN2O/c1-3-13(2)22(19(23)14-8-6-9-14)12-16-11-15-7-4-5-10-17(15)21-18(16)20/h4-5,7,10-11,13-14H,3,6,8-9,12H2,1-2H3. The number of pyridine rings is 1. The minimum absolute atomic E-state index is 0.205. The Balaban J connectivity index is 1.89. The van der Waals surface area contributed by atoms with E-state index < -0.39 is 0 Å². The highest BCUT2D eigenvalue weighted by molar-refractivity contribution is 6.30. The number of fused-ring (bicyclic) bond motifs is 1. The highest BCUT2D eigenvalue weighted by Crippen LogP contribution is 2.31. The van der Waals surface area contributed by atoms with Crippen LogP contribution < -0.4 is 0 Å². The molecule has 0 bridgehead atoms. The van der Waals surface area contributed by atoms with Crippen LogP contribution in [-0.2, 0) is 11.3 Å². The Kier molecular flexibility index (Phi) is 4.86. The molecule has 3 rings (SSSR count). The van der Waals surface area contributed by atoms with E-state index in [1.807, 2.05) is 29.2 Å². The van der Waals surface area contributed by atoms with Crippen LogP contribution in [0.5, 0.6) is 0 Å². The molecule has 1 heterocycles. The van der Waals surface area contributed by atoms with Gasteiger partial charge in [-0.2, -0.15) is 0 Å². The second-order valence-corrected chi connectivity index (χ2v) is 6.84. The summed E-state index contributed by atoms with van der Waals surface area (Å²) in [4.78, 5) is 19.2. The molecule has 1 aromatic heterocycles. The predicted octanol–water partition coefficient (Wildman–Crippen LogP) is 4.82. The molecule has 0 aliphatic heterocycles. The number of amides is 1. The van der Waals surface area contributed by atoms with E-state index in [2.05, 4.69) is 24.9 Å². The molecule has 0 saturated heterocycles. The Labute approximate surface area is 142 Å². The zero-order valence-electron chi connectivity index (χ0n) is 13.8. The highest BCUT2D eigenvalue weighted by Gasteiger charge is 2.31. The summed E-state index contributed by atoms with van der Waals surface area (Å²) in [6.07, 6.45) is 4.16. The fourth-order valence-corrected chi connectivity index (χ4v) is 3.20. The number of nitrogens with zero attached hydrogens (tertiary/aromatic N) is 2. The maximum absolute atomic E-state index is 12.8. The molecule has 122 valence electrons. The van der Waals surface area contributed by atoms with Crippen LogP contribution in [0.25, 0.3) is 10.9 Å². The predicted molar refractivity (Wildman–Crippen MR) is 94.4 cm³/mol. The van der Waals surface area contributed by atoms with E-state index in [1.165, 1.54) is 6.42 Å². The van der Waals surface area contributed by atoms with Crippen LogP contribution in [0.15, 0.2) is 30.3 Å². The van der Waals surface area contributed by atoms with Gasteiger partial charge in [-0.3, -0.25) is 4.79 Å². The second-order valence-electron chi connectivity index (χ2n) is 6.48. The summed E-state index contributed by atoms with van der Waals surface area (Å²) >= 11 is 6.38. The summed E-state index contributed by atoms with van der Waals surface area (Å²) in [5.74, 6) is 0.478. The van der Waals surface area contributed by atoms with Crippen molar-refractivity contribution in [2.45, 2.75) is 52.1 Å². The van der Waals surface area contributed by atoms with Gasteiger partial charge < -0.3 is 4.90 Å². The van der Waals surface area contributed by atoms with E-state index >= 15 is 0 Å². The van der Waals surface area contributed by atoms with Gasteiger partial charge in [-0.05, 0) is 38.3 Å². The van der Waals surface area contributed by atoms with Crippen molar-refractivity contribution >= 4 is 28.4 Å². The minimum atomic E-state index is 0.205. The van der Waals surface area contributed by atoms with Crippen molar-refractivity contribution in [2.24, 2.45) is 5.92 Å². The minimum Gasteiger partial charge on any atom is -0.335 e. The maximum Gasteiger partial charge on any atom is 0.226 e. The third kappa shape index (κ3) is 3.35. The number of para-hydroxylation sites is 1. The molecule has 23 heavy (non-hydrogen) atoms. The van der Waals surface area contributed by atoms with E-state index in [1.54, 1.807) is 0 Å². The van der Waals surface area contributed by atoms with E-state index in [-0.39, 0.29) is 17.9 Å². The van der Waals surface area contributed by atoms with Crippen LogP contribution in [0.2, 0.25) is 5.15 Å². The van der Waals surface area contributed by atoms with Gasteiger partial charge in [-0.1, -0.05) is 43.1 Å². The average molecular weight is 331 g/mol. The molecule has 1 aromatic carbocycles. The maximum atomic E-state index is 12.8. The van der Waals surface area contributed by atoms with Gasteiger partial charge in [0.15, 0.2) is 0 Å². The molecule has 1 unspecified atom stereocenters. The fourth-order valence-electron chi connectivity index (χ4n) is 2.99. The van der Waals surface area contributed by atoms with E-state index in [0.717, 1.165) is 35.7 Å². The zero-order valence-corrected chi connectivity index (χ0v) is 14.5. The van der Waals surface area contributed by atoms with Crippen molar-refractivity contribution in [3.63, 3.8) is 0 Å². The first-order chi connectivity index (χ1) is 11.1. The first-order valence-electron chi connectivity index (χ1n) is 8.44. The number of carbonyl (C=O) groups is 1. The van der Waals surface area contributed by atoms with Crippen molar-refractivity contribution in [2.75, 3.05) is 0 Å².